The Labute approximate surface area is 149 Å². The third kappa shape index (κ3) is 5.66. The number of nitrogens with zero attached hydrogens (tertiary/aromatic N) is 1. The maximum Gasteiger partial charge on any atom is 0.306 e. The molecule has 0 spiro atoms. The molecule has 0 saturated heterocycles. The summed E-state index contributed by atoms with van der Waals surface area (Å²) in [5.41, 5.74) is 0.937. The van der Waals surface area contributed by atoms with Gasteiger partial charge in [0.05, 0.1) is 5.92 Å². The zero-order valence-corrected chi connectivity index (χ0v) is 15.0. The Morgan fingerprint density at radius 3 is 2.48 bits per heavy atom. The Bertz CT molecular complexity index is 579. The summed E-state index contributed by atoms with van der Waals surface area (Å²) in [4.78, 5) is 24.8. The van der Waals surface area contributed by atoms with Crippen molar-refractivity contribution in [2.45, 2.75) is 45.6 Å². The number of carboxylic acid groups (broad SMARTS) is 1. The molecule has 1 saturated carbocycles. The molecule has 0 heterocycles. The lowest BCUT2D eigenvalue weighted by Crippen LogP contribution is -2.34. The lowest BCUT2D eigenvalue weighted by Gasteiger charge is -2.27. The van der Waals surface area contributed by atoms with Crippen LogP contribution in [0.2, 0.25) is 0 Å². The number of benzene rings is 1. The summed E-state index contributed by atoms with van der Waals surface area (Å²) in [6.07, 6.45) is 3.12. The van der Waals surface area contributed by atoms with Gasteiger partial charge >= 0.3 is 5.97 Å². The molecule has 1 amide bonds. The van der Waals surface area contributed by atoms with Crippen molar-refractivity contribution < 1.29 is 19.4 Å². The highest BCUT2D eigenvalue weighted by Crippen LogP contribution is 2.27. The van der Waals surface area contributed by atoms with Crippen LogP contribution in [0.5, 0.6) is 5.75 Å². The molecule has 1 aliphatic rings. The molecule has 0 bridgehead atoms. The van der Waals surface area contributed by atoms with Crippen molar-refractivity contribution in [3.63, 3.8) is 0 Å². The van der Waals surface area contributed by atoms with E-state index < -0.39 is 5.97 Å². The second-order valence-electron chi connectivity index (χ2n) is 6.41. The average Bonchev–Trinajstić information content (AvgIpc) is 2.62. The topological polar surface area (TPSA) is 78.9 Å². The Morgan fingerprint density at radius 2 is 1.88 bits per heavy atom. The van der Waals surface area contributed by atoms with Crippen molar-refractivity contribution in [1.29, 1.82) is 0 Å². The standard InChI is InChI=1S/C19H28N2O4/c1-3-21(4-2)18(22)13-25-17-7-5-6-16(12-17)20-15-10-8-14(9-11-15)19(23)24/h5-7,12,14-15,20H,3-4,8-11,13H2,1-2H3,(H,23,24). The minimum atomic E-state index is -0.688. The van der Waals surface area contributed by atoms with Crippen LogP contribution in [0.4, 0.5) is 5.69 Å². The minimum Gasteiger partial charge on any atom is -0.484 e. The van der Waals surface area contributed by atoms with Gasteiger partial charge in [-0.05, 0) is 51.7 Å². The maximum atomic E-state index is 12.0. The van der Waals surface area contributed by atoms with Crippen LogP contribution >= 0.6 is 0 Å². The van der Waals surface area contributed by atoms with Gasteiger partial charge in [-0.25, -0.2) is 0 Å². The van der Waals surface area contributed by atoms with E-state index in [1.54, 1.807) is 4.90 Å². The largest absolute Gasteiger partial charge is 0.484 e. The molecule has 1 fully saturated rings. The average molecular weight is 348 g/mol. The fourth-order valence-electron chi connectivity index (χ4n) is 3.21. The molecular formula is C19H28N2O4. The molecule has 0 aromatic heterocycles. The van der Waals surface area contributed by atoms with E-state index >= 15 is 0 Å². The molecule has 2 N–H and O–H groups in total. The van der Waals surface area contributed by atoms with E-state index in [0.29, 0.717) is 31.7 Å². The second-order valence-corrected chi connectivity index (χ2v) is 6.41. The molecule has 0 atom stereocenters. The van der Waals surface area contributed by atoms with Crippen LogP contribution in [-0.4, -0.2) is 47.6 Å². The Balaban J connectivity index is 1.85. The number of hydrogen-bond acceptors (Lipinski definition) is 4. The quantitative estimate of drug-likeness (QED) is 0.755. The van der Waals surface area contributed by atoms with Gasteiger partial charge in [0, 0.05) is 30.9 Å². The summed E-state index contributed by atoms with van der Waals surface area (Å²) in [5.74, 6) is -0.259. The Hall–Kier alpha value is -2.24. The molecule has 1 aliphatic carbocycles. The lowest BCUT2D eigenvalue weighted by atomic mass is 9.86. The smallest absolute Gasteiger partial charge is 0.306 e. The monoisotopic (exact) mass is 348 g/mol. The molecule has 25 heavy (non-hydrogen) atoms. The number of rotatable bonds is 8. The van der Waals surface area contributed by atoms with Crippen molar-refractivity contribution >= 4 is 17.6 Å². The van der Waals surface area contributed by atoms with Crippen LogP contribution in [0.15, 0.2) is 24.3 Å². The van der Waals surface area contributed by atoms with Gasteiger partial charge < -0.3 is 20.1 Å². The van der Waals surface area contributed by atoms with E-state index in [9.17, 15) is 9.59 Å². The van der Waals surface area contributed by atoms with E-state index in [4.69, 9.17) is 9.84 Å². The SMILES string of the molecule is CCN(CC)C(=O)COc1cccc(NC2CCC(C(=O)O)CC2)c1. The van der Waals surface area contributed by atoms with E-state index in [0.717, 1.165) is 18.5 Å². The number of amides is 1. The van der Waals surface area contributed by atoms with Gasteiger partial charge in [-0.15, -0.1) is 0 Å². The van der Waals surface area contributed by atoms with Crippen LogP contribution in [0.1, 0.15) is 39.5 Å². The molecule has 138 valence electrons. The number of hydrogen-bond donors (Lipinski definition) is 2. The van der Waals surface area contributed by atoms with Crippen LogP contribution in [0.25, 0.3) is 0 Å². The first kappa shape index (κ1) is 19.1. The van der Waals surface area contributed by atoms with Gasteiger partial charge in [0.1, 0.15) is 5.75 Å². The normalized spacial score (nSPS) is 19.9. The molecule has 6 nitrogen and oxygen atoms in total. The van der Waals surface area contributed by atoms with Gasteiger partial charge in [0.25, 0.3) is 5.91 Å². The summed E-state index contributed by atoms with van der Waals surface area (Å²) in [5, 5.41) is 12.5. The molecule has 0 radical (unpaired) electrons. The first-order chi connectivity index (χ1) is 12.0. The number of ether oxygens (including phenoxy) is 1. The highest BCUT2D eigenvalue weighted by atomic mass is 16.5. The third-order valence-electron chi connectivity index (χ3n) is 4.76. The first-order valence-electron chi connectivity index (χ1n) is 9.03. The van der Waals surface area contributed by atoms with Crippen LogP contribution in [-0.2, 0) is 9.59 Å². The number of nitrogens with one attached hydrogen (secondary N) is 1. The van der Waals surface area contributed by atoms with Crippen LogP contribution in [0.3, 0.4) is 0 Å². The fraction of sp³-hybridized carbons (Fsp3) is 0.579. The molecule has 2 rings (SSSR count). The number of anilines is 1. The van der Waals surface area contributed by atoms with Gasteiger partial charge in [-0.1, -0.05) is 6.07 Å². The van der Waals surface area contributed by atoms with Crippen LogP contribution < -0.4 is 10.1 Å². The maximum absolute atomic E-state index is 12.0. The van der Waals surface area contributed by atoms with Crippen molar-refractivity contribution in [2.75, 3.05) is 25.0 Å². The van der Waals surface area contributed by atoms with Crippen molar-refractivity contribution in [3.05, 3.63) is 24.3 Å². The number of carbonyl (C=O) groups is 2. The first-order valence-corrected chi connectivity index (χ1v) is 9.03. The number of likely N-dealkylation sites (N-methyl/N-ethyl adjacent to an activating group) is 1. The molecule has 6 heteroatoms. The molecular weight excluding hydrogens is 320 g/mol. The highest BCUT2D eigenvalue weighted by Gasteiger charge is 2.25. The molecule has 1 aromatic rings. The number of carboxylic acids is 1. The summed E-state index contributed by atoms with van der Waals surface area (Å²) >= 11 is 0. The van der Waals surface area contributed by atoms with Gasteiger partial charge in [-0.2, -0.15) is 0 Å². The van der Waals surface area contributed by atoms with Gasteiger partial charge in [0.15, 0.2) is 6.61 Å². The fourth-order valence-corrected chi connectivity index (χ4v) is 3.21. The zero-order valence-electron chi connectivity index (χ0n) is 15.0. The zero-order chi connectivity index (χ0) is 18.2. The van der Waals surface area contributed by atoms with Crippen LogP contribution in [0, 0.1) is 5.92 Å². The predicted octanol–water partition coefficient (Wildman–Crippen LogP) is 2.99. The lowest BCUT2D eigenvalue weighted by molar-refractivity contribution is -0.142. The Kier molecular flexibility index (Phi) is 7.10. The van der Waals surface area contributed by atoms with Gasteiger partial charge in [-0.3, -0.25) is 9.59 Å². The number of carbonyl (C=O) groups excluding carboxylic acids is 1. The van der Waals surface area contributed by atoms with E-state index in [-0.39, 0.29) is 24.5 Å². The van der Waals surface area contributed by atoms with Crippen molar-refractivity contribution in [3.8, 4) is 5.75 Å². The molecule has 0 aliphatic heterocycles. The van der Waals surface area contributed by atoms with E-state index in [1.165, 1.54) is 0 Å². The molecule has 1 aromatic carbocycles. The summed E-state index contributed by atoms with van der Waals surface area (Å²) < 4.78 is 5.62. The molecule has 0 unspecified atom stereocenters. The second kappa shape index (κ2) is 9.30. The van der Waals surface area contributed by atoms with Gasteiger partial charge in [0.2, 0.25) is 0 Å². The van der Waals surface area contributed by atoms with E-state index in [2.05, 4.69) is 5.32 Å². The van der Waals surface area contributed by atoms with Crippen molar-refractivity contribution in [1.82, 2.24) is 4.90 Å². The highest BCUT2D eigenvalue weighted by molar-refractivity contribution is 5.77. The van der Waals surface area contributed by atoms with E-state index in [1.807, 2.05) is 38.1 Å². The Morgan fingerprint density at radius 1 is 1.20 bits per heavy atom. The third-order valence-corrected chi connectivity index (χ3v) is 4.76. The summed E-state index contributed by atoms with van der Waals surface area (Å²) in [6.45, 7) is 5.30. The summed E-state index contributed by atoms with van der Waals surface area (Å²) in [7, 11) is 0. The number of aliphatic carboxylic acids is 1. The summed E-state index contributed by atoms with van der Waals surface area (Å²) in [6, 6.07) is 7.86. The van der Waals surface area contributed by atoms with Crippen molar-refractivity contribution in [2.24, 2.45) is 5.92 Å². The predicted molar refractivity (Wildman–Crippen MR) is 96.9 cm³/mol. The minimum absolute atomic E-state index is 0.0182.